The van der Waals surface area contributed by atoms with Crippen molar-refractivity contribution in [1.29, 1.82) is 0 Å². The predicted molar refractivity (Wildman–Crippen MR) is 154 cm³/mol. The minimum atomic E-state index is -1.13. The monoisotopic (exact) mass is 548 g/mol. The lowest BCUT2D eigenvalue weighted by Gasteiger charge is -2.43. The molecule has 1 aromatic carbocycles. The molecule has 2 aliphatic rings. The number of amides is 3. The van der Waals surface area contributed by atoms with Gasteiger partial charge in [-0.05, 0) is 69.2 Å². The molecule has 38 heavy (non-hydrogen) atoms. The lowest BCUT2D eigenvalue weighted by atomic mass is 9.74. The lowest BCUT2D eigenvalue weighted by molar-refractivity contribution is -0.121. The maximum atomic E-state index is 13.4. The number of likely N-dealkylation sites (tertiary alicyclic amines) is 1. The SMILES string of the molecule is CCCC(=O)NCCC[C@@](O)(c1cccc(Cl)c1)[C@@H]1CCCN(C(=O)N[C@H](CNC)CC2CCCCC2)C1. The highest BCUT2D eigenvalue weighted by Crippen LogP contribution is 2.40. The maximum Gasteiger partial charge on any atom is 0.317 e. The van der Waals surface area contributed by atoms with Gasteiger partial charge in [-0.3, -0.25) is 4.79 Å². The normalized spacial score (nSPS) is 20.9. The number of carbonyl (C=O) groups is 2. The van der Waals surface area contributed by atoms with E-state index >= 15 is 0 Å². The van der Waals surface area contributed by atoms with Crippen LogP contribution in [0.4, 0.5) is 4.79 Å². The van der Waals surface area contributed by atoms with Gasteiger partial charge in [0, 0.05) is 49.6 Å². The fourth-order valence-corrected chi connectivity index (χ4v) is 6.52. The second-order valence-electron chi connectivity index (χ2n) is 11.4. The molecule has 214 valence electrons. The van der Waals surface area contributed by atoms with E-state index < -0.39 is 5.60 Å². The molecule has 0 radical (unpaired) electrons. The molecule has 1 aromatic rings. The number of nitrogens with zero attached hydrogens (tertiary/aromatic N) is 1. The molecule has 1 heterocycles. The summed E-state index contributed by atoms with van der Waals surface area (Å²) in [6.07, 6.45) is 11.6. The summed E-state index contributed by atoms with van der Waals surface area (Å²) in [5.41, 5.74) is -0.353. The van der Waals surface area contributed by atoms with Crippen LogP contribution in [0.15, 0.2) is 24.3 Å². The van der Waals surface area contributed by atoms with Crippen molar-refractivity contribution in [2.45, 2.75) is 95.6 Å². The van der Waals surface area contributed by atoms with E-state index in [0.717, 1.165) is 37.8 Å². The van der Waals surface area contributed by atoms with Crippen molar-refractivity contribution < 1.29 is 14.7 Å². The number of urea groups is 1. The molecule has 0 aromatic heterocycles. The summed E-state index contributed by atoms with van der Waals surface area (Å²) in [6, 6.07) is 7.51. The van der Waals surface area contributed by atoms with Crippen LogP contribution in [-0.2, 0) is 10.4 Å². The summed E-state index contributed by atoms with van der Waals surface area (Å²) in [5.74, 6) is 0.610. The number of halogens is 1. The quantitative estimate of drug-likeness (QED) is 0.255. The van der Waals surface area contributed by atoms with Gasteiger partial charge in [-0.15, -0.1) is 0 Å². The Morgan fingerprint density at radius 2 is 1.97 bits per heavy atom. The molecule has 0 unspecified atom stereocenters. The van der Waals surface area contributed by atoms with E-state index in [0.29, 0.717) is 49.8 Å². The molecular weight excluding hydrogens is 500 g/mol. The molecular formula is C30H49ClN4O3. The van der Waals surface area contributed by atoms with Crippen LogP contribution in [0.5, 0.6) is 0 Å². The van der Waals surface area contributed by atoms with Gasteiger partial charge in [-0.2, -0.15) is 0 Å². The third-order valence-corrected chi connectivity index (χ3v) is 8.60. The average Bonchev–Trinajstić information content (AvgIpc) is 2.92. The molecule has 0 spiro atoms. The largest absolute Gasteiger partial charge is 0.385 e. The van der Waals surface area contributed by atoms with E-state index in [1.54, 1.807) is 0 Å². The van der Waals surface area contributed by atoms with Gasteiger partial charge >= 0.3 is 6.03 Å². The van der Waals surface area contributed by atoms with Gasteiger partial charge in [0.2, 0.25) is 5.91 Å². The topological polar surface area (TPSA) is 93.7 Å². The van der Waals surface area contributed by atoms with Crippen LogP contribution in [0.3, 0.4) is 0 Å². The second-order valence-corrected chi connectivity index (χ2v) is 11.8. The van der Waals surface area contributed by atoms with Crippen LogP contribution >= 0.6 is 11.6 Å². The number of rotatable bonds is 13. The van der Waals surface area contributed by atoms with Gasteiger partial charge in [0.15, 0.2) is 0 Å². The first-order valence-electron chi connectivity index (χ1n) is 14.8. The zero-order chi connectivity index (χ0) is 27.4. The average molecular weight is 549 g/mol. The molecule has 1 saturated heterocycles. The third kappa shape index (κ3) is 9.13. The molecule has 2 fully saturated rings. The van der Waals surface area contributed by atoms with Gasteiger partial charge in [0.1, 0.15) is 0 Å². The van der Waals surface area contributed by atoms with E-state index in [1.165, 1.54) is 32.1 Å². The van der Waals surface area contributed by atoms with E-state index in [9.17, 15) is 14.7 Å². The number of hydrogen-bond acceptors (Lipinski definition) is 4. The van der Waals surface area contributed by atoms with E-state index in [4.69, 9.17) is 11.6 Å². The number of likely N-dealkylation sites (N-methyl/N-ethyl adjacent to an activating group) is 1. The minimum absolute atomic E-state index is 0.0361. The van der Waals surface area contributed by atoms with Crippen LogP contribution in [0.1, 0.15) is 89.5 Å². The maximum absolute atomic E-state index is 13.4. The van der Waals surface area contributed by atoms with Crippen LogP contribution < -0.4 is 16.0 Å². The van der Waals surface area contributed by atoms with Gasteiger partial charge in [0.05, 0.1) is 5.60 Å². The molecule has 4 N–H and O–H groups in total. The Balaban J connectivity index is 1.67. The number of aliphatic hydroxyl groups is 1. The first-order valence-corrected chi connectivity index (χ1v) is 15.2. The molecule has 3 rings (SSSR count). The highest BCUT2D eigenvalue weighted by atomic mass is 35.5. The molecule has 1 saturated carbocycles. The number of hydrogen-bond donors (Lipinski definition) is 4. The van der Waals surface area contributed by atoms with Crippen LogP contribution in [0.25, 0.3) is 0 Å². The van der Waals surface area contributed by atoms with Crippen molar-refractivity contribution in [3.63, 3.8) is 0 Å². The van der Waals surface area contributed by atoms with Gasteiger partial charge in [-0.25, -0.2) is 4.79 Å². The Bertz CT molecular complexity index is 879. The fourth-order valence-electron chi connectivity index (χ4n) is 6.33. The Kier molecular flexibility index (Phi) is 12.7. The van der Waals surface area contributed by atoms with E-state index in [-0.39, 0.29) is 23.9 Å². The molecule has 7 nitrogen and oxygen atoms in total. The summed E-state index contributed by atoms with van der Waals surface area (Å²) in [4.78, 5) is 27.2. The van der Waals surface area contributed by atoms with Crippen molar-refractivity contribution in [1.82, 2.24) is 20.9 Å². The van der Waals surface area contributed by atoms with Crippen molar-refractivity contribution >= 4 is 23.5 Å². The second kappa shape index (κ2) is 15.7. The standard InChI is InChI=1S/C30H49ClN4O3/c1-3-10-28(36)33-17-9-16-30(38,24-13-7-15-26(31)20-24)25-14-8-18-35(22-25)29(37)34-27(21-32-2)19-23-11-5-4-6-12-23/h7,13,15,20,23,25,27,32,38H,3-6,8-12,14,16-19,21-22H2,1-2H3,(H,33,36)(H,34,37)/t25-,27+,30-/m1/s1. The van der Waals surface area contributed by atoms with Crippen molar-refractivity contribution in [2.24, 2.45) is 11.8 Å². The molecule has 0 bridgehead atoms. The van der Waals surface area contributed by atoms with Crippen molar-refractivity contribution in [2.75, 3.05) is 33.2 Å². The molecule has 3 amide bonds. The first kappa shape index (κ1) is 30.7. The highest BCUT2D eigenvalue weighted by molar-refractivity contribution is 6.30. The Labute approximate surface area is 234 Å². The molecule has 3 atom stereocenters. The smallest absolute Gasteiger partial charge is 0.317 e. The van der Waals surface area contributed by atoms with Gasteiger partial charge in [-0.1, -0.05) is 62.8 Å². The van der Waals surface area contributed by atoms with Crippen LogP contribution in [0.2, 0.25) is 5.02 Å². The van der Waals surface area contributed by atoms with Crippen molar-refractivity contribution in [3.05, 3.63) is 34.9 Å². The number of carbonyl (C=O) groups excluding carboxylic acids is 2. The zero-order valence-electron chi connectivity index (χ0n) is 23.4. The van der Waals surface area contributed by atoms with Gasteiger partial charge in [0.25, 0.3) is 0 Å². The van der Waals surface area contributed by atoms with E-state index in [1.807, 2.05) is 43.1 Å². The molecule has 1 aliphatic heterocycles. The Hall–Kier alpha value is -1.83. The predicted octanol–water partition coefficient (Wildman–Crippen LogP) is 5.20. The molecule has 8 heteroatoms. The Morgan fingerprint density at radius 1 is 1.18 bits per heavy atom. The summed E-state index contributed by atoms with van der Waals surface area (Å²) < 4.78 is 0. The lowest BCUT2D eigenvalue weighted by Crippen LogP contribution is -2.54. The Morgan fingerprint density at radius 3 is 2.68 bits per heavy atom. The van der Waals surface area contributed by atoms with E-state index in [2.05, 4.69) is 16.0 Å². The van der Waals surface area contributed by atoms with Crippen molar-refractivity contribution in [3.8, 4) is 0 Å². The number of benzene rings is 1. The summed E-state index contributed by atoms with van der Waals surface area (Å²) >= 11 is 6.32. The van der Waals surface area contributed by atoms with Gasteiger partial charge < -0.3 is 26.0 Å². The highest BCUT2D eigenvalue weighted by Gasteiger charge is 2.41. The van der Waals surface area contributed by atoms with Crippen LogP contribution in [-0.4, -0.2) is 61.2 Å². The number of piperidine rings is 1. The first-order chi connectivity index (χ1) is 18.4. The molecule has 1 aliphatic carbocycles. The number of nitrogens with one attached hydrogen (secondary N) is 3. The zero-order valence-corrected chi connectivity index (χ0v) is 24.2. The minimum Gasteiger partial charge on any atom is -0.385 e. The summed E-state index contributed by atoms with van der Waals surface area (Å²) in [6.45, 7) is 4.45. The summed E-state index contributed by atoms with van der Waals surface area (Å²) in [7, 11) is 1.94. The summed E-state index contributed by atoms with van der Waals surface area (Å²) in [5, 5.41) is 22.2. The fraction of sp³-hybridized carbons (Fsp3) is 0.733. The van der Waals surface area contributed by atoms with Crippen LogP contribution in [0, 0.1) is 11.8 Å². The third-order valence-electron chi connectivity index (χ3n) is 8.36.